The lowest BCUT2D eigenvalue weighted by molar-refractivity contribution is -0.384. The van der Waals surface area contributed by atoms with Gasteiger partial charge in [0, 0.05) is 29.1 Å². The van der Waals surface area contributed by atoms with Gasteiger partial charge in [0.25, 0.3) is 0 Å². The molecular formula is C12H13N3O2S2. The van der Waals surface area contributed by atoms with Gasteiger partial charge in [-0.05, 0) is 12.1 Å². The van der Waals surface area contributed by atoms with E-state index in [4.69, 9.17) is 5.26 Å². The van der Waals surface area contributed by atoms with E-state index in [1.165, 1.54) is 11.8 Å². The third-order valence-electron chi connectivity index (χ3n) is 2.74. The number of thioether (sulfide) groups is 2. The number of nitro benzene ring substituents is 1. The highest BCUT2D eigenvalue weighted by Crippen LogP contribution is 2.29. The third kappa shape index (κ3) is 3.55. The van der Waals surface area contributed by atoms with Gasteiger partial charge in [-0.25, -0.2) is 0 Å². The Hall–Kier alpha value is -1.39. The number of para-hydroxylation sites is 1. The van der Waals surface area contributed by atoms with Gasteiger partial charge in [0.2, 0.25) is 0 Å². The summed E-state index contributed by atoms with van der Waals surface area (Å²) in [7, 11) is 0. The van der Waals surface area contributed by atoms with E-state index in [1.54, 1.807) is 12.1 Å². The Bertz CT molecular complexity index is 510. The van der Waals surface area contributed by atoms with Crippen molar-refractivity contribution in [3.63, 3.8) is 0 Å². The van der Waals surface area contributed by atoms with Crippen LogP contribution in [0, 0.1) is 21.4 Å². The van der Waals surface area contributed by atoms with Crippen molar-refractivity contribution in [1.82, 2.24) is 0 Å². The molecule has 7 heteroatoms. The van der Waals surface area contributed by atoms with Gasteiger partial charge in [0.1, 0.15) is 17.3 Å². The van der Waals surface area contributed by atoms with E-state index in [2.05, 4.69) is 5.32 Å². The van der Waals surface area contributed by atoms with Gasteiger partial charge in [-0.3, -0.25) is 10.1 Å². The van der Waals surface area contributed by atoms with Gasteiger partial charge in [-0.15, -0.1) is 0 Å². The highest BCUT2D eigenvalue weighted by molar-refractivity contribution is 8.06. The molecule has 1 aliphatic rings. The van der Waals surface area contributed by atoms with E-state index in [0.29, 0.717) is 17.5 Å². The van der Waals surface area contributed by atoms with Crippen molar-refractivity contribution in [2.75, 3.05) is 29.1 Å². The zero-order chi connectivity index (χ0) is 13.7. The maximum Gasteiger partial charge on any atom is 0.309 e. The van der Waals surface area contributed by atoms with Gasteiger partial charge >= 0.3 is 5.69 Å². The lowest BCUT2D eigenvalue weighted by atomic mass is 10.1. The highest BCUT2D eigenvalue weighted by atomic mass is 32.2. The summed E-state index contributed by atoms with van der Waals surface area (Å²) in [6.45, 7) is 0.688. The molecule has 5 nitrogen and oxygen atoms in total. The Morgan fingerprint density at radius 1 is 1.53 bits per heavy atom. The molecule has 1 unspecified atom stereocenters. The number of benzene rings is 1. The molecule has 0 amide bonds. The molecule has 0 bridgehead atoms. The summed E-state index contributed by atoms with van der Waals surface area (Å²) in [6, 6.07) is 6.65. The van der Waals surface area contributed by atoms with Crippen LogP contribution in [0.15, 0.2) is 18.2 Å². The van der Waals surface area contributed by atoms with Crippen LogP contribution in [0.25, 0.3) is 0 Å². The van der Waals surface area contributed by atoms with Crippen molar-refractivity contribution in [2.24, 2.45) is 0 Å². The predicted molar refractivity (Wildman–Crippen MR) is 79.9 cm³/mol. The van der Waals surface area contributed by atoms with Crippen molar-refractivity contribution in [3.05, 3.63) is 33.9 Å². The topological polar surface area (TPSA) is 79.0 Å². The smallest absolute Gasteiger partial charge is 0.309 e. The SMILES string of the molecule is N#Cc1cccc(NCC2CSCCS2)c1[N+](=O)[O-]. The summed E-state index contributed by atoms with van der Waals surface area (Å²) in [5.41, 5.74) is 0.402. The Kier molecular flexibility index (Phi) is 4.93. The van der Waals surface area contributed by atoms with Crippen molar-refractivity contribution >= 4 is 34.9 Å². The molecule has 1 aromatic carbocycles. The maximum absolute atomic E-state index is 11.1. The first-order chi connectivity index (χ1) is 9.22. The second-order valence-corrected chi connectivity index (χ2v) is 6.58. The van der Waals surface area contributed by atoms with Crippen molar-refractivity contribution < 1.29 is 4.92 Å². The average Bonchev–Trinajstić information content (AvgIpc) is 2.45. The molecule has 1 fully saturated rings. The fraction of sp³-hybridized carbons (Fsp3) is 0.417. The highest BCUT2D eigenvalue weighted by Gasteiger charge is 2.21. The van der Waals surface area contributed by atoms with E-state index in [0.717, 1.165) is 11.5 Å². The van der Waals surface area contributed by atoms with E-state index < -0.39 is 4.92 Å². The van der Waals surface area contributed by atoms with E-state index in [9.17, 15) is 10.1 Å². The molecule has 1 N–H and O–H groups in total. The Labute approximate surface area is 119 Å². The number of nitrogens with zero attached hydrogens (tertiary/aromatic N) is 2. The minimum Gasteiger partial charge on any atom is -0.378 e. The molecule has 0 aromatic heterocycles. The van der Waals surface area contributed by atoms with E-state index in [-0.39, 0.29) is 11.3 Å². The van der Waals surface area contributed by atoms with E-state index >= 15 is 0 Å². The molecule has 19 heavy (non-hydrogen) atoms. The number of rotatable bonds is 4. The quantitative estimate of drug-likeness (QED) is 0.679. The van der Waals surface area contributed by atoms with Crippen LogP contribution in [0.5, 0.6) is 0 Å². The molecule has 0 radical (unpaired) electrons. The monoisotopic (exact) mass is 295 g/mol. The molecule has 0 spiro atoms. The lowest BCUT2D eigenvalue weighted by Gasteiger charge is -2.21. The van der Waals surface area contributed by atoms with Crippen LogP contribution in [-0.4, -0.2) is 34.0 Å². The first-order valence-electron chi connectivity index (χ1n) is 5.83. The lowest BCUT2D eigenvalue weighted by Crippen LogP contribution is -2.23. The molecule has 1 saturated heterocycles. The fourth-order valence-electron chi connectivity index (χ4n) is 1.85. The van der Waals surface area contributed by atoms with Crippen LogP contribution in [-0.2, 0) is 0 Å². The number of nitriles is 1. The Morgan fingerprint density at radius 2 is 2.37 bits per heavy atom. The number of hydrogen-bond donors (Lipinski definition) is 1. The summed E-state index contributed by atoms with van der Waals surface area (Å²) in [6.07, 6.45) is 0. The predicted octanol–water partition coefficient (Wildman–Crippen LogP) is 2.73. The molecule has 1 aromatic rings. The van der Waals surface area contributed by atoms with Gasteiger partial charge in [0.15, 0.2) is 0 Å². The minimum atomic E-state index is -0.496. The zero-order valence-electron chi connectivity index (χ0n) is 10.2. The van der Waals surface area contributed by atoms with Gasteiger partial charge in [-0.2, -0.15) is 28.8 Å². The second kappa shape index (κ2) is 6.68. The van der Waals surface area contributed by atoms with Crippen molar-refractivity contribution in [1.29, 1.82) is 5.26 Å². The number of nitro groups is 1. The molecule has 1 atom stereocenters. The standard InChI is InChI=1S/C12H13N3O2S2/c13-6-9-2-1-3-11(12(9)15(16)17)14-7-10-8-18-4-5-19-10/h1-3,10,14H,4-5,7-8H2. The van der Waals surface area contributed by atoms with Crippen molar-refractivity contribution in [3.8, 4) is 6.07 Å². The number of nitrogens with one attached hydrogen (secondary N) is 1. The number of hydrogen-bond acceptors (Lipinski definition) is 6. The molecule has 1 heterocycles. The first-order valence-corrected chi connectivity index (χ1v) is 8.03. The fourth-order valence-corrected chi connectivity index (χ4v) is 4.46. The molecule has 0 saturated carbocycles. The summed E-state index contributed by atoms with van der Waals surface area (Å²) >= 11 is 3.80. The summed E-state index contributed by atoms with van der Waals surface area (Å²) in [4.78, 5) is 10.6. The van der Waals surface area contributed by atoms with Crippen LogP contribution in [0.2, 0.25) is 0 Å². The molecule has 2 rings (SSSR count). The molecular weight excluding hydrogens is 282 g/mol. The first kappa shape index (κ1) is 14.0. The van der Waals surface area contributed by atoms with Crippen LogP contribution < -0.4 is 5.32 Å². The normalized spacial score (nSPS) is 18.6. The van der Waals surface area contributed by atoms with Gasteiger partial charge < -0.3 is 5.32 Å². The summed E-state index contributed by atoms with van der Waals surface area (Å²) in [5, 5.41) is 23.6. The third-order valence-corrected chi connectivity index (χ3v) is 5.59. The van der Waals surface area contributed by atoms with Crippen LogP contribution >= 0.6 is 23.5 Å². The molecule has 1 aliphatic heterocycles. The zero-order valence-corrected chi connectivity index (χ0v) is 11.8. The molecule has 0 aliphatic carbocycles. The van der Waals surface area contributed by atoms with Gasteiger partial charge in [0.05, 0.1) is 4.92 Å². The minimum absolute atomic E-state index is 0.0978. The average molecular weight is 295 g/mol. The second-order valence-electron chi connectivity index (χ2n) is 4.02. The maximum atomic E-state index is 11.1. The van der Waals surface area contributed by atoms with Crippen LogP contribution in [0.3, 0.4) is 0 Å². The van der Waals surface area contributed by atoms with Crippen LogP contribution in [0.1, 0.15) is 5.56 Å². The Balaban J connectivity index is 2.11. The number of anilines is 1. The largest absolute Gasteiger partial charge is 0.378 e. The van der Waals surface area contributed by atoms with Crippen molar-refractivity contribution in [2.45, 2.75) is 5.25 Å². The van der Waals surface area contributed by atoms with Crippen LogP contribution in [0.4, 0.5) is 11.4 Å². The summed E-state index contributed by atoms with van der Waals surface area (Å²) < 4.78 is 0. The molecule has 100 valence electrons. The Morgan fingerprint density at radius 3 is 3.00 bits per heavy atom. The van der Waals surface area contributed by atoms with Gasteiger partial charge in [-0.1, -0.05) is 6.07 Å². The summed E-state index contributed by atoms with van der Waals surface area (Å²) in [5.74, 6) is 3.35. The van der Waals surface area contributed by atoms with E-state index in [1.807, 2.05) is 29.6 Å².